The van der Waals surface area contributed by atoms with Gasteiger partial charge in [-0.15, -0.1) is 0 Å². The molecule has 0 bridgehead atoms. The number of ketones is 1. The molecule has 1 aromatic carbocycles. The fourth-order valence-electron chi connectivity index (χ4n) is 2.65. The van der Waals surface area contributed by atoms with Gasteiger partial charge >= 0.3 is 0 Å². The molecule has 0 spiro atoms. The highest BCUT2D eigenvalue weighted by atomic mass is 16.6. The number of benzene rings is 1. The molecule has 1 aliphatic carbocycles. The van der Waals surface area contributed by atoms with Crippen molar-refractivity contribution in [3.63, 3.8) is 0 Å². The first-order valence-corrected chi connectivity index (χ1v) is 6.64. The fraction of sp³-hybridized carbons (Fsp3) is 0.500. The van der Waals surface area contributed by atoms with E-state index in [2.05, 4.69) is 5.32 Å². The van der Waals surface area contributed by atoms with Crippen LogP contribution in [0.1, 0.15) is 42.5 Å². The molecule has 19 heavy (non-hydrogen) atoms. The second-order valence-electron chi connectivity index (χ2n) is 4.94. The van der Waals surface area contributed by atoms with E-state index in [1.54, 1.807) is 19.2 Å². The van der Waals surface area contributed by atoms with Gasteiger partial charge < -0.3 is 5.32 Å². The standard InChI is InChI=1S/C14H18N2O3/c1-15-12-8-7-11(9-13(12)16(18)19)14(17)10-5-3-2-4-6-10/h7-10,15H,2-6H2,1H3. The first kappa shape index (κ1) is 13.5. The summed E-state index contributed by atoms with van der Waals surface area (Å²) in [6.07, 6.45) is 5.14. The number of hydrogen-bond acceptors (Lipinski definition) is 4. The van der Waals surface area contributed by atoms with E-state index in [1.165, 1.54) is 12.5 Å². The first-order chi connectivity index (χ1) is 9.13. The minimum absolute atomic E-state index is 0.0359. The van der Waals surface area contributed by atoms with Gasteiger partial charge in [-0.05, 0) is 25.0 Å². The second-order valence-corrected chi connectivity index (χ2v) is 4.94. The Kier molecular flexibility index (Phi) is 4.14. The lowest BCUT2D eigenvalue weighted by atomic mass is 9.84. The van der Waals surface area contributed by atoms with Gasteiger partial charge in [0.15, 0.2) is 5.78 Å². The topological polar surface area (TPSA) is 72.2 Å². The zero-order valence-electron chi connectivity index (χ0n) is 11.0. The van der Waals surface area contributed by atoms with Crippen LogP contribution in [0.2, 0.25) is 0 Å². The zero-order chi connectivity index (χ0) is 13.8. The monoisotopic (exact) mass is 262 g/mol. The minimum atomic E-state index is -0.455. The van der Waals surface area contributed by atoms with Crippen molar-refractivity contribution in [2.45, 2.75) is 32.1 Å². The molecule has 5 nitrogen and oxygen atoms in total. The third-order valence-corrected chi connectivity index (χ3v) is 3.72. The molecule has 1 aliphatic rings. The summed E-state index contributed by atoms with van der Waals surface area (Å²) in [6.45, 7) is 0. The molecule has 2 rings (SSSR count). The SMILES string of the molecule is CNc1ccc(C(=O)C2CCCCC2)cc1[N+](=O)[O-]. The van der Waals surface area contributed by atoms with Gasteiger partial charge in [-0.3, -0.25) is 14.9 Å². The third kappa shape index (κ3) is 2.92. The van der Waals surface area contributed by atoms with E-state index in [0.717, 1.165) is 25.7 Å². The number of nitrogens with zero attached hydrogens (tertiary/aromatic N) is 1. The molecule has 1 fully saturated rings. The number of nitrogens with one attached hydrogen (secondary N) is 1. The van der Waals surface area contributed by atoms with E-state index in [4.69, 9.17) is 0 Å². The minimum Gasteiger partial charge on any atom is -0.383 e. The van der Waals surface area contributed by atoms with Crippen LogP contribution < -0.4 is 5.32 Å². The smallest absolute Gasteiger partial charge is 0.293 e. The predicted octanol–water partition coefficient (Wildman–Crippen LogP) is 3.40. The molecule has 1 aromatic rings. The van der Waals surface area contributed by atoms with Gasteiger partial charge in [-0.2, -0.15) is 0 Å². The van der Waals surface area contributed by atoms with Crippen LogP contribution in [-0.2, 0) is 0 Å². The van der Waals surface area contributed by atoms with Gasteiger partial charge in [0, 0.05) is 24.6 Å². The highest BCUT2D eigenvalue weighted by Crippen LogP contribution is 2.30. The summed E-state index contributed by atoms with van der Waals surface area (Å²) >= 11 is 0. The zero-order valence-corrected chi connectivity index (χ0v) is 11.0. The molecule has 0 saturated heterocycles. The summed E-state index contributed by atoms with van der Waals surface area (Å²) in [6, 6.07) is 4.67. The first-order valence-electron chi connectivity index (χ1n) is 6.64. The van der Waals surface area contributed by atoms with E-state index >= 15 is 0 Å². The molecule has 0 atom stereocenters. The van der Waals surface area contributed by atoms with Gasteiger partial charge in [-0.1, -0.05) is 19.3 Å². The van der Waals surface area contributed by atoms with Crippen LogP contribution in [0.25, 0.3) is 0 Å². The van der Waals surface area contributed by atoms with Crippen LogP contribution in [0.5, 0.6) is 0 Å². The van der Waals surface area contributed by atoms with Crippen molar-refractivity contribution in [2.24, 2.45) is 5.92 Å². The highest BCUT2D eigenvalue weighted by molar-refractivity contribution is 5.99. The molecule has 0 aromatic heterocycles. The lowest BCUT2D eigenvalue weighted by Gasteiger charge is -2.20. The third-order valence-electron chi connectivity index (χ3n) is 3.72. The summed E-state index contributed by atoms with van der Waals surface area (Å²) in [5, 5.41) is 13.8. The molecule has 0 amide bonds. The maximum Gasteiger partial charge on any atom is 0.293 e. The van der Waals surface area contributed by atoms with Gasteiger partial charge in [0.25, 0.3) is 5.69 Å². The van der Waals surface area contributed by atoms with Gasteiger partial charge in [-0.25, -0.2) is 0 Å². The predicted molar refractivity (Wildman–Crippen MR) is 73.5 cm³/mol. The van der Waals surface area contributed by atoms with Crippen LogP contribution in [0.3, 0.4) is 0 Å². The number of carbonyl (C=O) groups excluding carboxylic acids is 1. The molecule has 0 aliphatic heterocycles. The van der Waals surface area contributed by atoms with Crippen molar-refractivity contribution in [2.75, 3.05) is 12.4 Å². The summed E-state index contributed by atoms with van der Waals surface area (Å²) in [7, 11) is 1.63. The summed E-state index contributed by atoms with van der Waals surface area (Å²) in [4.78, 5) is 22.9. The Bertz CT molecular complexity index is 493. The number of Topliss-reactive ketones (excluding diaryl/α,β-unsaturated/α-hetero) is 1. The molecule has 0 radical (unpaired) electrons. The van der Waals surface area contributed by atoms with Gasteiger partial charge in [0.05, 0.1) is 4.92 Å². The number of carbonyl (C=O) groups is 1. The number of anilines is 1. The Morgan fingerprint density at radius 3 is 2.58 bits per heavy atom. The van der Waals surface area contributed by atoms with E-state index in [9.17, 15) is 14.9 Å². The Morgan fingerprint density at radius 1 is 1.32 bits per heavy atom. The molecule has 1 saturated carbocycles. The molecule has 1 N–H and O–H groups in total. The van der Waals surface area contributed by atoms with Crippen LogP contribution in [0, 0.1) is 16.0 Å². The molecule has 0 heterocycles. The van der Waals surface area contributed by atoms with Crippen molar-refractivity contribution < 1.29 is 9.72 Å². The van der Waals surface area contributed by atoms with Gasteiger partial charge in [0.2, 0.25) is 0 Å². The molecule has 102 valence electrons. The maximum absolute atomic E-state index is 12.3. The van der Waals surface area contributed by atoms with Crippen molar-refractivity contribution in [1.29, 1.82) is 0 Å². The maximum atomic E-state index is 12.3. The van der Waals surface area contributed by atoms with Crippen LogP contribution in [0.15, 0.2) is 18.2 Å². The lowest BCUT2D eigenvalue weighted by Crippen LogP contribution is -2.18. The Balaban J connectivity index is 2.26. The largest absolute Gasteiger partial charge is 0.383 e. The number of nitro groups is 1. The highest BCUT2D eigenvalue weighted by Gasteiger charge is 2.24. The number of nitro benzene ring substituents is 1. The van der Waals surface area contributed by atoms with E-state index in [0.29, 0.717) is 11.3 Å². The average Bonchev–Trinajstić information content (AvgIpc) is 2.46. The second kappa shape index (κ2) is 5.82. The normalized spacial score (nSPS) is 16.1. The Morgan fingerprint density at radius 2 is 2.00 bits per heavy atom. The summed E-state index contributed by atoms with van der Waals surface area (Å²) in [5.74, 6) is 0.0826. The molecule has 5 heteroatoms. The van der Waals surface area contributed by atoms with Crippen molar-refractivity contribution in [1.82, 2.24) is 0 Å². The number of hydrogen-bond donors (Lipinski definition) is 1. The van der Waals surface area contributed by atoms with Crippen LogP contribution in [0.4, 0.5) is 11.4 Å². The molecule has 0 unspecified atom stereocenters. The Hall–Kier alpha value is -1.91. The van der Waals surface area contributed by atoms with E-state index in [1.807, 2.05) is 0 Å². The average molecular weight is 262 g/mol. The van der Waals surface area contributed by atoms with Crippen LogP contribution in [-0.4, -0.2) is 17.8 Å². The summed E-state index contributed by atoms with van der Waals surface area (Å²) in [5.41, 5.74) is 0.854. The van der Waals surface area contributed by atoms with E-state index < -0.39 is 4.92 Å². The molecular weight excluding hydrogens is 244 g/mol. The fourth-order valence-corrected chi connectivity index (χ4v) is 2.65. The van der Waals surface area contributed by atoms with Crippen molar-refractivity contribution in [3.05, 3.63) is 33.9 Å². The quantitative estimate of drug-likeness (QED) is 0.512. The van der Waals surface area contributed by atoms with Gasteiger partial charge in [0.1, 0.15) is 5.69 Å². The van der Waals surface area contributed by atoms with Crippen molar-refractivity contribution >= 4 is 17.2 Å². The molecular formula is C14H18N2O3. The lowest BCUT2D eigenvalue weighted by molar-refractivity contribution is -0.384. The Labute approximate surface area is 112 Å². The number of rotatable bonds is 4. The van der Waals surface area contributed by atoms with Crippen molar-refractivity contribution in [3.8, 4) is 0 Å². The van der Waals surface area contributed by atoms with Crippen LogP contribution >= 0.6 is 0 Å². The van der Waals surface area contributed by atoms with E-state index in [-0.39, 0.29) is 17.4 Å². The summed E-state index contributed by atoms with van der Waals surface area (Å²) < 4.78 is 0.